The molecule has 0 radical (unpaired) electrons. The molecular weight excluding hydrogens is 370 g/mol. The molecule has 0 N–H and O–H groups in total. The molecular formula is C23H25NO5. The predicted octanol–water partition coefficient (Wildman–Crippen LogP) is 4.50. The number of fused-ring (bicyclic) bond motifs is 1. The van der Waals surface area contributed by atoms with Crippen molar-refractivity contribution >= 4 is 22.8 Å². The Hall–Kier alpha value is -3.41. The summed E-state index contributed by atoms with van der Waals surface area (Å²) in [5, 5.41) is 0.967. The first-order valence-corrected chi connectivity index (χ1v) is 9.10. The fourth-order valence-electron chi connectivity index (χ4n) is 3.46. The number of aryl methyl sites for hydroxylation is 1. The number of benzene rings is 2. The van der Waals surface area contributed by atoms with Crippen molar-refractivity contribution in [3.05, 3.63) is 53.2 Å². The molecule has 152 valence electrons. The molecule has 0 spiro atoms. The van der Waals surface area contributed by atoms with Gasteiger partial charge in [0.25, 0.3) is 0 Å². The summed E-state index contributed by atoms with van der Waals surface area (Å²) >= 11 is 0. The van der Waals surface area contributed by atoms with Crippen LogP contribution < -0.4 is 18.9 Å². The van der Waals surface area contributed by atoms with E-state index in [1.807, 2.05) is 42.1 Å². The second-order valence-corrected chi connectivity index (χ2v) is 6.62. The molecule has 0 aliphatic rings. The van der Waals surface area contributed by atoms with Crippen LogP contribution in [0.15, 0.2) is 42.1 Å². The predicted molar refractivity (Wildman–Crippen MR) is 114 cm³/mol. The largest absolute Gasteiger partial charge is 0.496 e. The van der Waals surface area contributed by atoms with Crippen molar-refractivity contribution in [2.75, 3.05) is 28.4 Å². The van der Waals surface area contributed by atoms with Gasteiger partial charge in [-0.25, -0.2) is 0 Å². The van der Waals surface area contributed by atoms with Crippen LogP contribution >= 0.6 is 0 Å². The highest BCUT2D eigenvalue weighted by molar-refractivity contribution is 6.12. The number of nitrogens with zero attached hydrogens (tertiary/aromatic N) is 1. The molecule has 0 amide bonds. The van der Waals surface area contributed by atoms with Gasteiger partial charge < -0.3 is 23.5 Å². The zero-order valence-electron chi connectivity index (χ0n) is 17.5. The van der Waals surface area contributed by atoms with Crippen LogP contribution in [0.1, 0.15) is 22.8 Å². The maximum Gasteiger partial charge on any atom is 0.203 e. The highest BCUT2D eigenvalue weighted by atomic mass is 16.5. The summed E-state index contributed by atoms with van der Waals surface area (Å²) in [6, 6.07) is 9.19. The first-order valence-electron chi connectivity index (χ1n) is 9.10. The third kappa shape index (κ3) is 3.66. The van der Waals surface area contributed by atoms with Gasteiger partial charge in [0.05, 0.1) is 34.0 Å². The van der Waals surface area contributed by atoms with Gasteiger partial charge in [0.1, 0.15) is 5.75 Å². The lowest BCUT2D eigenvalue weighted by Gasteiger charge is -2.13. The summed E-state index contributed by atoms with van der Waals surface area (Å²) < 4.78 is 23.6. The first kappa shape index (κ1) is 20.3. The minimum atomic E-state index is -0.129. The van der Waals surface area contributed by atoms with Gasteiger partial charge in [-0.2, -0.15) is 0 Å². The van der Waals surface area contributed by atoms with Crippen LogP contribution in [0.25, 0.3) is 17.0 Å². The number of ketones is 1. The van der Waals surface area contributed by atoms with Crippen molar-refractivity contribution < 1.29 is 23.7 Å². The quantitative estimate of drug-likeness (QED) is 0.435. The van der Waals surface area contributed by atoms with E-state index in [9.17, 15) is 4.79 Å². The number of carbonyl (C=O) groups excluding carboxylic acids is 1. The van der Waals surface area contributed by atoms with Gasteiger partial charge >= 0.3 is 0 Å². The summed E-state index contributed by atoms with van der Waals surface area (Å²) in [7, 11) is 8.19. The molecule has 3 rings (SSSR count). The molecule has 6 heteroatoms. The van der Waals surface area contributed by atoms with Crippen LogP contribution in [0, 0.1) is 0 Å². The molecule has 2 aromatic carbocycles. The maximum absolute atomic E-state index is 13.1. The van der Waals surface area contributed by atoms with Gasteiger partial charge in [0, 0.05) is 29.8 Å². The van der Waals surface area contributed by atoms with Crippen molar-refractivity contribution in [2.45, 2.75) is 6.92 Å². The van der Waals surface area contributed by atoms with Gasteiger partial charge in [-0.15, -0.1) is 0 Å². The second-order valence-electron chi connectivity index (χ2n) is 6.62. The van der Waals surface area contributed by atoms with Crippen LogP contribution in [0.5, 0.6) is 23.0 Å². The van der Waals surface area contributed by atoms with Crippen LogP contribution in [-0.2, 0) is 7.05 Å². The molecule has 0 unspecified atom stereocenters. The van der Waals surface area contributed by atoms with E-state index in [0.717, 1.165) is 22.2 Å². The van der Waals surface area contributed by atoms with Crippen LogP contribution in [0.3, 0.4) is 0 Å². The number of hydrogen-bond donors (Lipinski definition) is 0. The van der Waals surface area contributed by atoms with Crippen LogP contribution in [0.2, 0.25) is 0 Å². The van der Waals surface area contributed by atoms with Gasteiger partial charge in [-0.3, -0.25) is 4.79 Å². The summed E-state index contributed by atoms with van der Waals surface area (Å²) in [4.78, 5) is 13.1. The zero-order chi connectivity index (χ0) is 21.1. The van der Waals surface area contributed by atoms with Gasteiger partial charge in [-0.1, -0.05) is 6.07 Å². The smallest absolute Gasteiger partial charge is 0.203 e. The van der Waals surface area contributed by atoms with E-state index in [-0.39, 0.29) is 5.78 Å². The molecule has 1 aromatic heterocycles. The first-order chi connectivity index (χ1) is 13.9. The monoisotopic (exact) mass is 395 g/mol. The normalized spacial score (nSPS) is 11.4. The lowest BCUT2D eigenvalue weighted by atomic mass is 10.0. The molecule has 3 aromatic rings. The third-order valence-electron chi connectivity index (χ3n) is 4.88. The molecule has 0 saturated heterocycles. The lowest BCUT2D eigenvalue weighted by molar-refractivity contribution is 0.103. The Labute approximate surface area is 170 Å². The Balaban J connectivity index is 2.08. The second kappa shape index (κ2) is 8.31. The van der Waals surface area contributed by atoms with E-state index in [1.165, 1.54) is 21.3 Å². The SMILES string of the molecule is COc1cc(C(=O)/C(C)=C/c2cn(C)c3cccc(OC)c23)cc(OC)c1OC. The molecule has 0 aliphatic carbocycles. The molecule has 29 heavy (non-hydrogen) atoms. The van der Waals surface area contributed by atoms with Crippen LogP contribution in [0.4, 0.5) is 0 Å². The lowest BCUT2D eigenvalue weighted by Crippen LogP contribution is -2.04. The highest BCUT2D eigenvalue weighted by Gasteiger charge is 2.19. The van der Waals surface area contributed by atoms with Crippen LogP contribution in [-0.4, -0.2) is 38.8 Å². The minimum absolute atomic E-state index is 0.129. The molecule has 0 saturated carbocycles. The van der Waals surface area contributed by atoms with Crippen molar-refractivity contribution in [3.63, 3.8) is 0 Å². The average Bonchev–Trinajstić information content (AvgIpc) is 3.07. The number of carbonyl (C=O) groups is 1. The molecule has 1 heterocycles. The standard InChI is InChI=1S/C23H25NO5/c1-14(10-16-13-24(2)17-8-7-9-18(26-3)21(16)17)22(25)15-11-19(27-4)23(29-6)20(12-15)28-5/h7-13H,1-6H3/b14-10+. The van der Waals surface area contributed by atoms with Crippen molar-refractivity contribution in [3.8, 4) is 23.0 Å². The molecule has 0 aliphatic heterocycles. The van der Waals surface area contributed by atoms with Crippen molar-refractivity contribution in [1.29, 1.82) is 0 Å². The fourth-order valence-corrected chi connectivity index (χ4v) is 3.46. The number of hydrogen-bond acceptors (Lipinski definition) is 5. The number of allylic oxidation sites excluding steroid dienone is 1. The van der Waals surface area contributed by atoms with E-state index in [2.05, 4.69) is 0 Å². The average molecular weight is 395 g/mol. The van der Waals surface area contributed by atoms with E-state index >= 15 is 0 Å². The molecule has 0 fully saturated rings. The molecule has 0 atom stereocenters. The van der Waals surface area contributed by atoms with Crippen molar-refractivity contribution in [1.82, 2.24) is 4.57 Å². The Morgan fingerprint density at radius 2 is 1.55 bits per heavy atom. The van der Waals surface area contributed by atoms with Gasteiger partial charge in [0.15, 0.2) is 17.3 Å². The summed E-state index contributed by atoms with van der Waals surface area (Å²) in [5.41, 5.74) is 2.99. The number of Topliss-reactive ketones (excluding diaryl/α,β-unsaturated/α-hetero) is 1. The Bertz CT molecular complexity index is 1070. The zero-order valence-corrected chi connectivity index (χ0v) is 17.5. The number of ether oxygens (including phenoxy) is 4. The topological polar surface area (TPSA) is 58.9 Å². The minimum Gasteiger partial charge on any atom is -0.496 e. The fraction of sp³-hybridized carbons (Fsp3) is 0.261. The van der Waals surface area contributed by atoms with Gasteiger partial charge in [-0.05, 0) is 42.8 Å². The number of methoxy groups -OCH3 is 4. The summed E-state index contributed by atoms with van der Waals surface area (Å²) in [6.07, 6.45) is 3.86. The third-order valence-corrected chi connectivity index (χ3v) is 4.88. The Morgan fingerprint density at radius 1 is 0.931 bits per heavy atom. The Morgan fingerprint density at radius 3 is 2.10 bits per heavy atom. The maximum atomic E-state index is 13.1. The highest BCUT2D eigenvalue weighted by Crippen LogP contribution is 2.39. The van der Waals surface area contributed by atoms with Gasteiger partial charge in [0.2, 0.25) is 5.75 Å². The number of aromatic nitrogens is 1. The van der Waals surface area contributed by atoms with E-state index in [0.29, 0.717) is 28.4 Å². The number of rotatable bonds is 7. The van der Waals surface area contributed by atoms with Crippen molar-refractivity contribution in [2.24, 2.45) is 7.05 Å². The molecule has 0 bridgehead atoms. The summed E-state index contributed by atoms with van der Waals surface area (Å²) in [6.45, 7) is 1.79. The van der Waals surface area contributed by atoms with E-state index in [1.54, 1.807) is 26.2 Å². The van der Waals surface area contributed by atoms with E-state index < -0.39 is 0 Å². The summed E-state index contributed by atoms with van der Waals surface area (Å²) in [5.74, 6) is 1.97. The Kier molecular flexibility index (Phi) is 5.82. The molecule has 6 nitrogen and oxygen atoms in total. The van der Waals surface area contributed by atoms with E-state index in [4.69, 9.17) is 18.9 Å².